The predicted octanol–water partition coefficient (Wildman–Crippen LogP) is 5.71. The Morgan fingerprint density at radius 1 is 0.975 bits per heavy atom. The highest BCUT2D eigenvalue weighted by Crippen LogP contribution is 2.43. The van der Waals surface area contributed by atoms with Gasteiger partial charge in [-0.25, -0.2) is 4.98 Å². The van der Waals surface area contributed by atoms with E-state index in [1.807, 2.05) is 30.3 Å². The van der Waals surface area contributed by atoms with Crippen LogP contribution in [0.1, 0.15) is 39.5 Å². The van der Waals surface area contributed by atoms with Crippen LogP contribution in [0, 0.1) is 6.92 Å². The lowest BCUT2D eigenvalue weighted by atomic mass is 9.94. The van der Waals surface area contributed by atoms with Gasteiger partial charge in [0.1, 0.15) is 10.8 Å². The summed E-state index contributed by atoms with van der Waals surface area (Å²) in [6.07, 6.45) is 0.0745. The Kier molecular flexibility index (Phi) is 7.48. The minimum absolute atomic E-state index is 0.0230. The minimum Gasteiger partial charge on any atom is -0.508 e. The van der Waals surface area contributed by atoms with Gasteiger partial charge in [-0.2, -0.15) is 0 Å². The summed E-state index contributed by atoms with van der Waals surface area (Å²) >= 11 is 1.20. The molecule has 2 heterocycles. The Labute approximate surface area is 234 Å². The van der Waals surface area contributed by atoms with Crippen LogP contribution in [0.3, 0.4) is 0 Å². The number of ether oxygens (including phenoxy) is 1. The summed E-state index contributed by atoms with van der Waals surface area (Å²) in [4.78, 5) is 45.6. The summed E-state index contributed by atoms with van der Waals surface area (Å²) in [5, 5.41) is 21.6. The van der Waals surface area contributed by atoms with E-state index in [9.17, 15) is 24.6 Å². The molecule has 202 valence electrons. The van der Waals surface area contributed by atoms with Gasteiger partial charge in [0.25, 0.3) is 5.91 Å². The Hall–Kier alpha value is -4.76. The molecule has 2 N–H and O–H groups in total. The number of phenolic OH excluding ortho intramolecular Hbond substituents is 1. The van der Waals surface area contributed by atoms with Gasteiger partial charge in [-0.15, -0.1) is 11.3 Å². The fourth-order valence-electron chi connectivity index (χ4n) is 4.66. The molecule has 0 saturated carbocycles. The van der Waals surface area contributed by atoms with E-state index in [2.05, 4.69) is 4.98 Å². The third-order valence-electron chi connectivity index (χ3n) is 6.55. The van der Waals surface area contributed by atoms with Gasteiger partial charge in [-0.05, 0) is 49.2 Å². The van der Waals surface area contributed by atoms with Gasteiger partial charge in [0.05, 0.1) is 35.2 Å². The third-order valence-corrected chi connectivity index (χ3v) is 7.76. The van der Waals surface area contributed by atoms with Gasteiger partial charge in [0.2, 0.25) is 5.78 Å². The normalized spacial score (nSPS) is 15.0. The van der Waals surface area contributed by atoms with Crippen LogP contribution in [0.25, 0.3) is 10.6 Å². The highest BCUT2D eigenvalue weighted by molar-refractivity contribution is 7.17. The zero-order valence-electron chi connectivity index (χ0n) is 21.8. The summed E-state index contributed by atoms with van der Waals surface area (Å²) in [5.41, 5.74) is 2.92. The molecule has 5 rings (SSSR count). The van der Waals surface area contributed by atoms with Crippen LogP contribution in [0.4, 0.5) is 5.69 Å². The predicted molar refractivity (Wildman–Crippen MR) is 151 cm³/mol. The molecule has 40 heavy (non-hydrogen) atoms. The Morgan fingerprint density at radius 2 is 1.65 bits per heavy atom. The Bertz CT molecular complexity index is 1610. The zero-order chi connectivity index (χ0) is 28.4. The fraction of sp³-hybridized carbons (Fsp3) is 0.161. The molecule has 0 radical (unpaired) electrons. The number of ketones is 1. The summed E-state index contributed by atoms with van der Waals surface area (Å²) < 4.78 is 5.01. The zero-order valence-corrected chi connectivity index (χ0v) is 22.6. The Morgan fingerprint density at radius 3 is 2.30 bits per heavy atom. The first-order valence-electron chi connectivity index (χ1n) is 12.7. The van der Waals surface area contributed by atoms with E-state index >= 15 is 0 Å². The van der Waals surface area contributed by atoms with Crippen molar-refractivity contribution in [2.24, 2.45) is 0 Å². The number of hydrogen-bond acceptors (Lipinski definition) is 8. The van der Waals surface area contributed by atoms with Gasteiger partial charge in [-0.1, -0.05) is 54.6 Å². The molecule has 4 aromatic rings. The largest absolute Gasteiger partial charge is 0.508 e. The first-order chi connectivity index (χ1) is 19.3. The molecular weight excluding hydrogens is 528 g/mol. The number of Topliss-reactive ketones (excluding diaryl/α,β-unsaturated/α-hetero) is 1. The molecule has 0 fully saturated rings. The van der Waals surface area contributed by atoms with Crippen molar-refractivity contribution in [1.82, 2.24) is 4.98 Å². The highest BCUT2D eigenvalue weighted by atomic mass is 32.1. The van der Waals surface area contributed by atoms with E-state index in [0.717, 1.165) is 5.56 Å². The van der Waals surface area contributed by atoms with Crippen LogP contribution < -0.4 is 4.90 Å². The van der Waals surface area contributed by atoms with Crippen molar-refractivity contribution in [3.63, 3.8) is 0 Å². The standard InChI is InChI=1S/C31H26N2O6S/c1-3-39-24(35)17-19-9-13-22(14-10-19)33-26(20-11-15-23(34)16-12-20)25(28(37)31(33)38)27(36)29-18(2)32-30(40-29)21-7-5-4-6-8-21/h4-16,26,34,37H,3,17H2,1-2H3. The van der Waals surface area contributed by atoms with Crippen molar-refractivity contribution in [2.45, 2.75) is 26.3 Å². The quantitative estimate of drug-likeness (QED) is 0.212. The smallest absolute Gasteiger partial charge is 0.310 e. The second-order valence-corrected chi connectivity index (χ2v) is 10.2. The molecule has 8 nitrogen and oxygen atoms in total. The number of benzene rings is 3. The van der Waals surface area contributed by atoms with E-state index in [0.29, 0.717) is 32.4 Å². The van der Waals surface area contributed by atoms with Gasteiger partial charge in [-0.3, -0.25) is 19.3 Å². The molecule has 0 spiro atoms. The average molecular weight is 555 g/mol. The van der Waals surface area contributed by atoms with Gasteiger partial charge in [0, 0.05) is 11.3 Å². The van der Waals surface area contributed by atoms with E-state index in [1.165, 1.54) is 28.4 Å². The maximum absolute atomic E-state index is 14.0. The van der Waals surface area contributed by atoms with E-state index < -0.39 is 23.5 Å². The molecule has 1 atom stereocenters. The van der Waals surface area contributed by atoms with Crippen molar-refractivity contribution in [1.29, 1.82) is 0 Å². The number of carbonyl (C=O) groups is 3. The third kappa shape index (κ3) is 5.11. The number of aromatic nitrogens is 1. The Balaban J connectivity index is 1.55. The van der Waals surface area contributed by atoms with E-state index in [1.54, 1.807) is 50.2 Å². The van der Waals surface area contributed by atoms with Crippen LogP contribution in [0.5, 0.6) is 5.75 Å². The second kappa shape index (κ2) is 11.2. The average Bonchev–Trinajstić information content (AvgIpc) is 3.47. The number of amides is 1. The lowest BCUT2D eigenvalue weighted by molar-refractivity contribution is -0.142. The topological polar surface area (TPSA) is 117 Å². The molecule has 3 aromatic carbocycles. The number of aliphatic hydroxyl groups excluding tert-OH is 1. The molecule has 1 unspecified atom stereocenters. The van der Waals surface area contributed by atoms with Gasteiger partial charge < -0.3 is 14.9 Å². The minimum atomic E-state index is -0.960. The van der Waals surface area contributed by atoms with Crippen LogP contribution in [-0.4, -0.2) is 39.5 Å². The molecule has 1 aliphatic heterocycles. The monoisotopic (exact) mass is 554 g/mol. The number of esters is 1. The first kappa shape index (κ1) is 26.8. The molecule has 1 aliphatic rings. The van der Waals surface area contributed by atoms with E-state index in [4.69, 9.17) is 4.74 Å². The van der Waals surface area contributed by atoms with Gasteiger partial charge >= 0.3 is 5.97 Å². The van der Waals surface area contributed by atoms with Crippen molar-refractivity contribution < 1.29 is 29.3 Å². The number of anilines is 1. The summed E-state index contributed by atoms with van der Waals surface area (Å²) in [5.74, 6) is -2.22. The molecular formula is C31H26N2O6S. The number of aliphatic hydroxyl groups is 1. The lowest BCUT2D eigenvalue weighted by Crippen LogP contribution is -2.31. The van der Waals surface area contributed by atoms with Crippen molar-refractivity contribution in [2.75, 3.05) is 11.5 Å². The van der Waals surface area contributed by atoms with Crippen LogP contribution in [0.15, 0.2) is 90.2 Å². The lowest BCUT2D eigenvalue weighted by Gasteiger charge is -2.27. The van der Waals surface area contributed by atoms with Crippen molar-refractivity contribution >= 4 is 34.7 Å². The number of nitrogens with zero attached hydrogens (tertiary/aromatic N) is 2. The number of aryl methyl sites for hydroxylation is 1. The van der Waals surface area contributed by atoms with Crippen LogP contribution in [0.2, 0.25) is 0 Å². The number of carbonyl (C=O) groups excluding carboxylic acids is 3. The summed E-state index contributed by atoms with van der Waals surface area (Å²) in [7, 11) is 0. The fourth-order valence-corrected chi connectivity index (χ4v) is 5.69. The SMILES string of the molecule is CCOC(=O)Cc1ccc(N2C(=O)C(O)=C(C(=O)c3sc(-c4ccccc4)nc3C)C2c2ccc(O)cc2)cc1. The molecule has 1 amide bonds. The molecule has 1 aromatic heterocycles. The summed E-state index contributed by atoms with van der Waals surface area (Å²) in [6, 6.07) is 21.3. The summed E-state index contributed by atoms with van der Waals surface area (Å²) in [6.45, 7) is 3.74. The van der Waals surface area contributed by atoms with E-state index in [-0.39, 0.29) is 30.3 Å². The maximum Gasteiger partial charge on any atom is 0.310 e. The number of phenols is 1. The number of thiazole rings is 1. The van der Waals surface area contributed by atoms with Gasteiger partial charge in [0.15, 0.2) is 5.76 Å². The van der Waals surface area contributed by atoms with Crippen LogP contribution >= 0.6 is 11.3 Å². The molecule has 0 aliphatic carbocycles. The van der Waals surface area contributed by atoms with Crippen molar-refractivity contribution in [3.05, 3.63) is 112 Å². The maximum atomic E-state index is 14.0. The van der Waals surface area contributed by atoms with Crippen molar-refractivity contribution in [3.8, 4) is 16.3 Å². The molecule has 9 heteroatoms. The number of hydrogen-bond donors (Lipinski definition) is 2. The number of aromatic hydroxyl groups is 1. The highest BCUT2D eigenvalue weighted by Gasteiger charge is 2.45. The number of rotatable bonds is 8. The first-order valence-corrected chi connectivity index (χ1v) is 13.5. The molecule has 0 saturated heterocycles. The van der Waals surface area contributed by atoms with Crippen LogP contribution in [-0.2, 0) is 20.7 Å². The second-order valence-electron chi connectivity index (χ2n) is 9.21. The molecule has 0 bridgehead atoms.